The highest BCUT2D eigenvalue weighted by Gasteiger charge is 2.31. The van der Waals surface area contributed by atoms with Gasteiger partial charge in [0.05, 0.1) is 11.4 Å². The number of nitrogens with two attached hydrogens (primary N) is 1. The van der Waals surface area contributed by atoms with E-state index >= 15 is 0 Å². The number of benzene rings is 1. The van der Waals surface area contributed by atoms with E-state index in [-0.39, 0.29) is 18.4 Å². The molecule has 1 heterocycles. The molecule has 1 unspecified atom stereocenters. The Bertz CT molecular complexity index is 457. The maximum atomic E-state index is 11.9. The van der Waals surface area contributed by atoms with Crippen LogP contribution in [0.5, 0.6) is 0 Å². The molecule has 1 saturated heterocycles. The van der Waals surface area contributed by atoms with Crippen LogP contribution >= 0.6 is 0 Å². The molecule has 0 spiro atoms. The second kappa shape index (κ2) is 4.37. The number of anilines is 2. The maximum absolute atomic E-state index is 11.9. The van der Waals surface area contributed by atoms with E-state index < -0.39 is 0 Å². The van der Waals surface area contributed by atoms with Crippen molar-refractivity contribution < 1.29 is 9.90 Å². The number of nitrogens with zero attached hydrogens (tertiary/aromatic N) is 1. The van der Waals surface area contributed by atoms with Gasteiger partial charge in [-0.05, 0) is 31.0 Å². The number of carbonyl (C=O) groups is 1. The average Bonchev–Trinajstić information content (AvgIpc) is 2.68. The number of aryl methyl sites for hydroxylation is 1. The number of hydrogen-bond donors (Lipinski definition) is 2. The SMILES string of the molecule is Cc1ccc(N2CC(CO)CC2=O)c(N)c1C. The number of aliphatic hydroxyl groups excluding tert-OH is 1. The fourth-order valence-corrected chi connectivity index (χ4v) is 2.20. The second-order valence-electron chi connectivity index (χ2n) is 4.70. The van der Waals surface area contributed by atoms with Gasteiger partial charge in [0.15, 0.2) is 0 Å². The van der Waals surface area contributed by atoms with Crippen molar-refractivity contribution in [3.63, 3.8) is 0 Å². The van der Waals surface area contributed by atoms with Crippen LogP contribution in [0.15, 0.2) is 12.1 Å². The molecule has 0 radical (unpaired) electrons. The number of nitrogen functional groups attached to an aromatic ring is 1. The van der Waals surface area contributed by atoms with Crippen molar-refractivity contribution in [3.8, 4) is 0 Å². The third-order valence-corrected chi connectivity index (χ3v) is 3.52. The van der Waals surface area contributed by atoms with Crippen LogP contribution in [0.1, 0.15) is 17.5 Å². The number of rotatable bonds is 2. The molecule has 2 rings (SSSR count). The molecule has 4 heteroatoms. The Morgan fingerprint density at radius 2 is 2.18 bits per heavy atom. The van der Waals surface area contributed by atoms with Crippen molar-refractivity contribution in [2.24, 2.45) is 5.92 Å². The highest BCUT2D eigenvalue weighted by molar-refractivity contribution is 5.99. The molecule has 1 aromatic rings. The summed E-state index contributed by atoms with van der Waals surface area (Å²) in [7, 11) is 0. The Kier molecular flexibility index (Phi) is 3.07. The summed E-state index contributed by atoms with van der Waals surface area (Å²) in [5, 5.41) is 9.11. The zero-order chi connectivity index (χ0) is 12.6. The van der Waals surface area contributed by atoms with E-state index in [1.165, 1.54) is 0 Å². The summed E-state index contributed by atoms with van der Waals surface area (Å²) in [6, 6.07) is 3.86. The van der Waals surface area contributed by atoms with Crippen LogP contribution in [0.2, 0.25) is 0 Å². The fourth-order valence-electron chi connectivity index (χ4n) is 2.20. The molecular formula is C13H18N2O2. The Morgan fingerprint density at radius 3 is 2.76 bits per heavy atom. The van der Waals surface area contributed by atoms with Crippen molar-refractivity contribution in [1.82, 2.24) is 0 Å². The Hall–Kier alpha value is -1.55. The van der Waals surface area contributed by atoms with E-state index in [0.29, 0.717) is 18.7 Å². The first-order valence-corrected chi connectivity index (χ1v) is 5.81. The van der Waals surface area contributed by atoms with Gasteiger partial charge in [-0.25, -0.2) is 0 Å². The Balaban J connectivity index is 2.35. The highest BCUT2D eigenvalue weighted by Crippen LogP contribution is 2.32. The molecule has 0 aliphatic carbocycles. The molecule has 92 valence electrons. The maximum Gasteiger partial charge on any atom is 0.227 e. The van der Waals surface area contributed by atoms with Crippen molar-refractivity contribution in [2.75, 3.05) is 23.8 Å². The summed E-state index contributed by atoms with van der Waals surface area (Å²) in [6.45, 7) is 4.56. The van der Waals surface area contributed by atoms with E-state index in [4.69, 9.17) is 10.8 Å². The van der Waals surface area contributed by atoms with Crippen LogP contribution in [-0.2, 0) is 4.79 Å². The van der Waals surface area contributed by atoms with E-state index in [0.717, 1.165) is 16.8 Å². The summed E-state index contributed by atoms with van der Waals surface area (Å²) < 4.78 is 0. The van der Waals surface area contributed by atoms with Crippen LogP contribution in [-0.4, -0.2) is 24.2 Å². The quantitative estimate of drug-likeness (QED) is 0.756. The van der Waals surface area contributed by atoms with Crippen LogP contribution in [0.4, 0.5) is 11.4 Å². The van der Waals surface area contributed by atoms with Gasteiger partial charge in [0.25, 0.3) is 0 Å². The molecule has 0 aromatic heterocycles. The number of aliphatic hydroxyl groups is 1. The molecule has 1 fully saturated rings. The van der Waals surface area contributed by atoms with Gasteiger partial charge < -0.3 is 15.7 Å². The van der Waals surface area contributed by atoms with Gasteiger partial charge >= 0.3 is 0 Å². The van der Waals surface area contributed by atoms with Gasteiger partial charge in [0, 0.05) is 25.5 Å². The van der Waals surface area contributed by atoms with Gasteiger partial charge in [-0.1, -0.05) is 6.07 Å². The average molecular weight is 234 g/mol. The van der Waals surface area contributed by atoms with E-state index in [1.54, 1.807) is 4.90 Å². The van der Waals surface area contributed by atoms with Crippen molar-refractivity contribution in [2.45, 2.75) is 20.3 Å². The van der Waals surface area contributed by atoms with Gasteiger partial charge in [0.2, 0.25) is 5.91 Å². The van der Waals surface area contributed by atoms with Gasteiger partial charge in [-0.15, -0.1) is 0 Å². The molecule has 1 aliphatic heterocycles. The smallest absolute Gasteiger partial charge is 0.227 e. The monoisotopic (exact) mass is 234 g/mol. The third kappa shape index (κ3) is 2.00. The molecule has 1 aromatic carbocycles. The topological polar surface area (TPSA) is 66.6 Å². The lowest BCUT2D eigenvalue weighted by Gasteiger charge is -2.20. The predicted octanol–water partition coefficient (Wildman–Crippen LogP) is 1.23. The summed E-state index contributed by atoms with van der Waals surface area (Å²) in [5.41, 5.74) is 9.63. The van der Waals surface area contributed by atoms with E-state index in [2.05, 4.69) is 0 Å². The van der Waals surface area contributed by atoms with Gasteiger partial charge in [-0.3, -0.25) is 4.79 Å². The zero-order valence-electron chi connectivity index (χ0n) is 10.2. The first-order valence-electron chi connectivity index (χ1n) is 5.81. The minimum absolute atomic E-state index is 0.0310. The van der Waals surface area contributed by atoms with Crippen molar-refractivity contribution in [1.29, 1.82) is 0 Å². The fraction of sp³-hybridized carbons (Fsp3) is 0.462. The Morgan fingerprint density at radius 1 is 1.47 bits per heavy atom. The van der Waals surface area contributed by atoms with Crippen molar-refractivity contribution in [3.05, 3.63) is 23.3 Å². The lowest BCUT2D eigenvalue weighted by molar-refractivity contribution is -0.117. The van der Waals surface area contributed by atoms with Crippen molar-refractivity contribution >= 4 is 17.3 Å². The van der Waals surface area contributed by atoms with Crippen LogP contribution < -0.4 is 10.6 Å². The molecule has 4 nitrogen and oxygen atoms in total. The number of hydrogen-bond acceptors (Lipinski definition) is 3. The number of amides is 1. The van der Waals surface area contributed by atoms with Crippen LogP contribution in [0.25, 0.3) is 0 Å². The molecule has 3 N–H and O–H groups in total. The molecule has 1 amide bonds. The van der Waals surface area contributed by atoms with E-state index in [9.17, 15) is 4.79 Å². The van der Waals surface area contributed by atoms with Gasteiger partial charge in [0.1, 0.15) is 0 Å². The molecule has 1 atom stereocenters. The lowest BCUT2D eigenvalue weighted by Crippen LogP contribution is -2.26. The molecule has 17 heavy (non-hydrogen) atoms. The van der Waals surface area contributed by atoms with Gasteiger partial charge in [-0.2, -0.15) is 0 Å². The normalized spacial score (nSPS) is 20.1. The lowest BCUT2D eigenvalue weighted by atomic mass is 10.1. The first-order chi connectivity index (χ1) is 8.04. The minimum atomic E-state index is 0.0310. The zero-order valence-corrected chi connectivity index (χ0v) is 10.2. The highest BCUT2D eigenvalue weighted by atomic mass is 16.3. The summed E-state index contributed by atoms with van der Waals surface area (Å²) >= 11 is 0. The first kappa shape index (κ1) is 11.9. The largest absolute Gasteiger partial charge is 0.397 e. The second-order valence-corrected chi connectivity index (χ2v) is 4.70. The molecule has 1 aliphatic rings. The van der Waals surface area contributed by atoms with Crippen LogP contribution in [0.3, 0.4) is 0 Å². The predicted molar refractivity (Wildman–Crippen MR) is 67.9 cm³/mol. The molecule has 0 saturated carbocycles. The summed E-state index contributed by atoms with van der Waals surface area (Å²) in [5.74, 6) is 0.0718. The minimum Gasteiger partial charge on any atom is -0.397 e. The Labute approximate surface area is 101 Å². The van der Waals surface area contributed by atoms with Crippen LogP contribution in [0, 0.1) is 19.8 Å². The summed E-state index contributed by atoms with van der Waals surface area (Å²) in [4.78, 5) is 13.5. The molecule has 0 bridgehead atoms. The number of carbonyl (C=O) groups excluding carboxylic acids is 1. The summed E-state index contributed by atoms with van der Waals surface area (Å²) in [6.07, 6.45) is 0.406. The molecular weight excluding hydrogens is 216 g/mol. The van der Waals surface area contributed by atoms with E-state index in [1.807, 2.05) is 26.0 Å². The third-order valence-electron chi connectivity index (χ3n) is 3.52. The standard InChI is InChI=1S/C13H18N2O2/c1-8-3-4-11(13(14)9(8)2)15-6-10(7-16)5-12(15)17/h3-4,10,16H,5-7,14H2,1-2H3.